The first-order chi connectivity index (χ1) is 27.0. The van der Waals surface area contributed by atoms with Gasteiger partial charge in [-0.15, -0.1) is 5.10 Å². The number of pyridine rings is 1. The van der Waals surface area contributed by atoms with Crippen LogP contribution in [0.15, 0.2) is 52.5 Å². The number of aryl methyl sites for hydroxylation is 2. The molecule has 0 saturated carbocycles. The van der Waals surface area contributed by atoms with Crippen molar-refractivity contribution in [2.75, 3.05) is 34.4 Å². The molecule has 0 radical (unpaired) electrons. The van der Waals surface area contributed by atoms with Gasteiger partial charge in [-0.2, -0.15) is 0 Å². The molecule has 0 spiro atoms. The lowest BCUT2D eigenvalue weighted by atomic mass is 10.00. The van der Waals surface area contributed by atoms with E-state index in [9.17, 15) is 24.0 Å². The number of fused-ring (bicyclic) bond motifs is 1. The second kappa shape index (κ2) is 16.9. The lowest BCUT2D eigenvalue weighted by Crippen LogP contribution is -2.54. The topological polar surface area (TPSA) is 180 Å². The first-order valence-corrected chi connectivity index (χ1v) is 18.1. The molecular formula is C40H44N8O8. The highest BCUT2D eigenvalue weighted by atomic mass is 16.5. The number of nitrogens with one attached hydrogen (secondary N) is 1. The summed E-state index contributed by atoms with van der Waals surface area (Å²) in [5.74, 6) is -0.520. The molecule has 2 aromatic heterocycles. The minimum Gasteiger partial charge on any atom is -0.496 e. The Morgan fingerprint density at radius 1 is 1.00 bits per heavy atom. The Labute approximate surface area is 322 Å². The number of amides is 4. The van der Waals surface area contributed by atoms with Crippen molar-refractivity contribution in [3.8, 4) is 28.4 Å². The molecule has 1 saturated heterocycles. The van der Waals surface area contributed by atoms with Crippen LogP contribution in [-0.2, 0) is 36.1 Å². The van der Waals surface area contributed by atoms with Crippen molar-refractivity contribution >= 4 is 42.6 Å². The number of methoxy groups -OCH3 is 2. The molecule has 56 heavy (non-hydrogen) atoms. The van der Waals surface area contributed by atoms with Crippen molar-refractivity contribution < 1.29 is 33.4 Å². The number of imide groups is 2. The monoisotopic (exact) mass is 764 g/mol. The average Bonchev–Trinajstić information content (AvgIpc) is 3.73. The zero-order valence-electron chi connectivity index (χ0n) is 32.0. The highest BCUT2D eigenvalue weighted by Gasteiger charge is 2.44. The van der Waals surface area contributed by atoms with E-state index >= 15 is 0 Å². The third kappa shape index (κ3) is 8.00. The average molecular weight is 765 g/mol. The molecule has 16 nitrogen and oxygen atoms in total. The van der Waals surface area contributed by atoms with E-state index in [1.807, 2.05) is 38.4 Å². The molecule has 4 aromatic rings. The van der Waals surface area contributed by atoms with E-state index in [4.69, 9.17) is 14.2 Å². The lowest BCUT2D eigenvalue weighted by Gasteiger charge is -2.27. The van der Waals surface area contributed by atoms with Crippen molar-refractivity contribution in [1.82, 2.24) is 34.7 Å². The van der Waals surface area contributed by atoms with Gasteiger partial charge in [-0.25, -0.2) is 0 Å². The molecule has 1 N–H and O–H groups in total. The van der Waals surface area contributed by atoms with Gasteiger partial charge in [0.15, 0.2) is 0 Å². The normalized spacial score (nSPS) is 16.1. The van der Waals surface area contributed by atoms with Crippen LogP contribution in [0.4, 0.5) is 0 Å². The zero-order valence-corrected chi connectivity index (χ0v) is 32.0. The predicted molar refractivity (Wildman–Crippen MR) is 207 cm³/mol. The smallest absolute Gasteiger partial charge is 0.262 e. The van der Waals surface area contributed by atoms with Gasteiger partial charge in [0.05, 0.1) is 48.4 Å². The summed E-state index contributed by atoms with van der Waals surface area (Å²) in [6.45, 7) is 7.61. The fraction of sp³-hybridized carbons (Fsp3) is 0.350. The Hall–Kier alpha value is -6.42. The number of benzene rings is 2. The Morgan fingerprint density at radius 2 is 1.73 bits per heavy atom. The summed E-state index contributed by atoms with van der Waals surface area (Å²) in [4.78, 5) is 69.8. The largest absolute Gasteiger partial charge is 0.496 e. The molecule has 2 aliphatic heterocycles. The maximum atomic E-state index is 13.1. The maximum absolute atomic E-state index is 13.1. The quantitative estimate of drug-likeness (QED) is 0.137. The van der Waals surface area contributed by atoms with Crippen molar-refractivity contribution in [3.63, 3.8) is 0 Å². The van der Waals surface area contributed by atoms with Gasteiger partial charge >= 0.3 is 0 Å². The molecule has 292 valence electrons. The highest BCUT2D eigenvalue weighted by molar-refractivity contribution is 6.23. The van der Waals surface area contributed by atoms with Crippen LogP contribution in [0, 0.1) is 0 Å². The van der Waals surface area contributed by atoms with Gasteiger partial charge in [0, 0.05) is 57.1 Å². The van der Waals surface area contributed by atoms with Crippen molar-refractivity contribution in [1.29, 1.82) is 0 Å². The van der Waals surface area contributed by atoms with Crippen LogP contribution in [0.1, 0.15) is 58.2 Å². The van der Waals surface area contributed by atoms with E-state index in [0.29, 0.717) is 42.0 Å². The van der Waals surface area contributed by atoms with Crippen LogP contribution >= 0.6 is 0 Å². The Kier molecular flexibility index (Phi) is 11.9. The van der Waals surface area contributed by atoms with Crippen molar-refractivity contribution in [2.45, 2.75) is 51.7 Å². The van der Waals surface area contributed by atoms with Crippen LogP contribution < -0.4 is 35.5 Å². The number of ether oxygens (including phenoxy) is 3. The van der Waals surface area contributed by atoms with Crippen LogP contribution in [0.2, 0.25) is 0 Å². The van der Waals surface area contributed by atoms with Crippen molar-refractivity contribution in [2.24, 2.45) is 12.0 Å². The van der Waals surface area contributed by atoms with Crippen LogP contribution in [0.5, 0.6) is 17.2 Å². The molecule has 4 heterocycles. The number of hydrogen-bond acceptors (Lipinski definition) is 12. The second-order valence-corrected chi connectivity index (χ2v) is 13.6. The molecule has 1 fully saturated rings. The van der Waals surface area contributed by atoms with Gasteiger partial charge in [0.1, 0.15) is 23.3 Å². The summed E-state index contributed by atoms with van der Waals surface area (Å²) in [5.41, 5.74) is 3.46. The summed E-state index contributed by atoms with van der Waals surface area (Å²) in [6.07, 6.45) is 8.42. The van der Waals surface area contributed by atoms with Gasteiger partial charge in [-0.3, -0.25) is 43.9 Å². The number of nitrogens with zero attached hydrogens (tertiary/aromatic N) is 7. The molecule has 1 atom stereocenters. The molecule has 2 aliphatic rings. The molecular weight excluding hydrogens is 720 g/mol. The summed E-state index contributed by atoms with van der Waals surface area (Å²) < 4.78 is 20.9. The van der Waals surface area contributed by atoms with Gasteiger partial charge in [0.25, 0.3) is 17.4 Å². The molecule has 6 rings (SSSR count). The summed E-state index contributed by atoms with van der Waals surface area (Å²) in [6, 6.07) is 7.49. The Morgan fingerprint density at radius 3 is 2.41 bits per heavy atom. The SMILES string of the molecule is C=N/C=c1/c(=O)n(C)cc(-c2cc(OC)c(CN(C)CCCn3cc(CCOc4ccc5c(c4)C(=O)N(C4CCC(=O)NC4=O)C5=O)nn3)c(OC)c2)/c1=C/C. The number of carbonyl (C=O) groups excluding carboxylic acids is 4. The zero-order chi connectivity index (χ0) is 40.1. The van der Waals surface area contributed by atoms with Crippen molar-refractivity contribution in [3.05, 3.63) is 85.9 Å². The molecule has 0 aliphatic carbocycles. The van der Waals surface area contributed by atoms with Crippen LogP contribution in [0.25, 0.3) is 23.4 Å². The molecule has 1 unspecified atom stereocenters. The number of carbonyl (C=O) groups is 4. The maximum Gasteiger partial charge on any atom is 0.262 e. The number of rotatable bonds is 15. The van der Waals surface area contributed by atoms with Gasteiger partial charge in [0.2, 0.25) is 11.8 Å². The van der Waals surface area contributed by atoms with Gasteiger partial charge in [-0.05, 0) is 81.2 Å². The molecule has 16 heteroatoms. The third-order valence-corrected chi connectivity index (χ3v) is 9.86. The highest BCUT2D eigenvalue weighted by Crippen LogP contribution is 2.35. The number of piperidine rings is 1. The fourth-order valence-electron chi connectivity index (χ4n) is 7.05. The van der Waals surface area contributed by atoms with Crippen LogP contribution in [0.3, 0.4) is 0 Å². The van der Waals surface area contributed by atoms with Crippen LogP contribution in [-0.4, -0.2) is 100 Å². The van der Waals surface area contributed by atoms with E-state index in [2.05, 4.69) is 32.2 Å². The summed E-state index contributed by atoms with van der Waals surface area (Å²) in [5, 5.41) is 11.9. The number of aromatic nitrogens is 4. The minimum absolute atomic E-state index is 0.0534. The standard InChI is InChI=1S/C40H44N8O8/c1-7-27-30(20-41-2)38(51)46(4)23-31(27)24-17-34(54-5)32(35(18-24)55-6)22-45(3)14-8-15-47-21-25(43-44-47)13-16-56-26-9-10-28-29(19-26)40(53)48(39(28)52)33-11-12-36(49)42-37(33)50/h7,9-10,17-21,23,33H,2,8,11-16,22H2,1,3-6H3,(H,42,49,50)/b27-7+,30-20+. The summed E-state index contributed by atoms with van der Waals surface area (Å²) in [7, 11) is 6.97. The van der Waals surface area contributed by atoms with Gasteiger partial charge < -0.3 is 23.7 Å². The van der Waals surface area contributed by atoms with E-state index in [0.717, 1.165) is 45.5 Å². The number of hydrogen-bond donors (Lipinski definition) is 1. The third-order valence-electron chi connectivity index (χ3n) is 9.86. The lowest BCUT2D eigenvalue weighted by molar-refractivity contribution is -0.136. The fourth-order valence-corrected chi connectivity index (χ4v) is 7.05. The molecule has 4 amide bonds. The summed E-state index contributed by atoms with van der Waals surface area (Å²) >= 11 is 0. The van der Waals surface area contributed by atoms with E-state index in [1.165, 1.54) is 22.9 Å². The van der Waals surface area contributed by atoms with Gasteiger partial charge in [-0.1, -0.05) is 11.3 Å². The minimum atomic E-state index is -1.03. The Balaban J connectivity index is 1.02. The molecule has 2 aromatic carbocycles. The number of aliphatic imine (C=N–C) groups is 1. The van der Waals surface area contributed by atoms with E-state index in [-0.39, 0.29) is 36.1 Å². The molecule has 0 bridgehead atoms. The first-order valence-electron chi connectivity index (χ1n) is 18.1. The Bertz CT molecular complexity index is 2380. The van der Waals surface area contributed by atoms with E-state index in [1.54, 1.807) is 38.2 Å². The second-order valence-electron chi connectivity index (χ2n) is 13.6. The van der Waals surface area contributed by atoms with E-state index < -0.39 is 29.7 Å². The first kappa shape index (κ1) is 39.3. The predicted octanol–water partition coefficient (Wildman–Crippen LogP) is 1.44.